The van der Waals surface area contributed by atoms with Gasteiger partial charge in [0.25, 0.3) is 0 Å². The Morgan fingerprint density at radius 3 is 1.38 bits per heavy atom. The summed E-state index contributed by atoms with van der Waals surface area (Å²) >= 11 is 0. The van der Waals surface area contributed by atoms with E-state index in [0.717, 1.165) is 5.82 Å². The van der Waals surface area contributed by atoms with Crippen LogP contribution in [0.4, 0.5) is 0 Å². The van der Waals surface area contributed by atoms with Gasteiger partial charge in [0.15, 0.2) is 0 Å². The fourth-order valence-corrected chi connectivity index (χ4v) is 3.40. The summed E-state index contributed by atoms with van der Waals surface area (Å²) in [7, 11) is 0. The first-order valence-corrected chi connectivity index (χ1v) is 8.01. The standard InChI is InChI=1S/C22H17N2/c1-4-10-18(11-5-1)22(21-23-16-17-24-21,19-12-6-2-7-13-19)20-14-8-3-9-15-20/h1-16H,(H,23,24). The molecule has 2 nitrogen and oxygen atoms in total. The van der Waals surface area contributed by atoms with Crippen LogP contribution >= 0.6 is 0 Å². The Hall–Kier alpha value is -3.13. The number of nitrogens with one attached hydrogen (secondary N) is 1. The largest absolute Gasteiger partial charge is 0.347 e. The van der Waals surface area contributed by atoms with Crippen molar-refractivity contribution in [3.63, 3.8) is 0 Å². The number of aromatic amines is 1. The molecule has 0 aliphatic heterocycles. The molecular weight excluding hydrogens is 292 g/mol. The van der Waals surface area contributed by atoms with E-state index in [9.17, 15) is 0 Å². The van der Waals surface area contributed by atoms with Crippen molar-refractivity contribution in [3.05, 3.63) is 126 Å². The summed E-state index contributed by atoms with van der Waals surface area (Å²) in [4.78, 5) is 7.84. The number of H-pyrrole nitrogens is 1. The van der Waals surface area contributed by atoms with Gasteiger partial charge in [-0.05, 0) is 16.7 Å². The average Bonchev–Trinajstić information content (AvgIpc) is 3.20. The maximum Gasteiger partial charge on any atom is 0.126 e. The van der Waals surface area contributed by atoms with Crippen LogP contribution in [0.25, 0.3) is 0 Å². The van der Waals surface area contributed by atoms with Crippen molar-refractivity contribution in [2.45, 2.75) is 5.41 Å². The summed E-state index contributed by atoms with van der Waals surface area (Å²) in [6.07, 6.45) is 4.70. The van der Waals surface area contributed by atoms with Crippen LogP contribution in [-0.4, -0.2) is 9.97 Å². The van der Waals surface area contributed by atoms with Crippen LogP contribution in [0.3, 0.4) is 0 Å². The molecule has 1 aromatic heterocycles. The van der Waals surface area contributed by atoms with Gasteiger partial charge in [-0.25, -0.2) is 4.98 Å². The maximum absolute atomic E-state index is 4.54. The number of rotatable bonds is 4. The van der Waals surface area contributed by atoms with Gasteiger partial charge in [-0.2, -0.15) is 0 Å². The summed E-state index contributed by atoms with van der Waals surface area (Å²) in [5.41, 5.74) is 3.02. The minimum atomic E-state index is -0.496. The van der Waals surface area contributed by atoms with E-state index in [0.29, 0.717) is 0 Å². The maximum atomic E-state index is 4.54. The van der Waals surface area contributed by atoms with E-state index in [4.69, 9.17) is 0 Å². The third-order valence-electron chi connectivity index (χ3n) is 4.43. The van der Waals surface area contributed by atoms with Crippen molar-refractivity contribution >= 4 is 0 Å². The predicted octanol–water partition coefficient (Wildman–Crippen LogP) is 4.59. The quantitative estimate of drug-likeness (QED) is 0.549. The van der Waals surface area contributed by atoms with Crippen molar-refractivity contribution in [3.8, 4) is 0 Å². The number of aromatic nitrogens is 2. The molecule has 4 rings (SSSR count). The van der Waals surface area contributed by atoms with E-state index in [2.05, 4.69) is 89.0 Å². The molecule has 0 aliphatic carbocycles. The van der Waals surface area contributed by atoms with E-state index in [1.807, 2.05) is 18.2 Å². The van der Waals surface area contributed by atoms with Crippen LogP contribution in [0.2, 0.25) is 0 Å². The van der Waals surface area contributed by atoms with Gasteiger partial charge in [-0.15, -0.1) is 0 Å². The molecule has 115 valence electrons. The molecule has 1 radical (unpaired) electrons. The molecule has 4 aromatic rings. The minimum absolute atomic E-state index is 0.496. The Morgan fingerprint density at radius 2 is 1.04 bits per heavy atom. The van der Waals surface area contributed by atoms with Gasteiger partial charge in [-0.1, -0.05) is 91.0 Å². The first kappa shape index (κ1) is 14.5. The monoisotopic (exact) mass is 309 g/mol. The molecule has 1 N–H and O–H groups in total. The molecule has 0 spiro atoms. The highest BCUT2D eigenvalue weighted by Crippen LogP contribution is 2.43. The van der Waals surface area contributed by atoms with Crippen LogP contribution in [0, 0.1) is 6.20 Å². The molecule has 0 aliphatic rings. The van der Waals surface area contributed by atoms with E-state index >= 15 is 0 Å². The number of hydrogen-bond acceptors (Lipinski definition) is 1. The SMILES string of the molecule is [c]1c[nH]c(C(c2ccccc2)(c2ccccc2)c2ccccc2)n1. The number of hydrogen-bond donors (Lipinski definition) is 1. The Balaban J connectivity index is 2.12. The zero-order valence-electron chi connectivity index (χ0n) is 13.2. The third kappa shape index (κ3) is 2.24. The molecule has 24 heavy (non-hydrogen) atoms. The Morgan fingerprint density at radius 1 is 0.625 bits per heavy atom. The van der Waals surface area contributed by atoms with Gasteiger partial charge in [0.2, 0.25) is 0 Å². The predicted molar refractivity (Wildman–Crippen MR) is 95.7 cm³/mol. The molecule has 0 atom stereocenters. The highest BCUT2D eigenvalue weighted by molar-refractivity contribution is 5.56. The Bertz CT molecular complexity index is 786. The van der Waals surface area contributed by atoms with Crippen molar-refractivity contribution in [2.75, 3.05) is 0 Å². The van der Waals surface area contributed by atoms with E-state index < -0.39 is 5.41 Å². The second-order valence-electron chi connectivity index (χ2n) is 5.73. The normalized spacial score (nSPS) is 11.3. The molecule has 0 bridgehead atoms. The first-order chi connectivity index (χ1) is 11.9. The van der Waals surface area contributed by atoms with Crippen LogP contribution in [0.15, 0.2) is 97.2 Å². The molecule has 0 saturated heterocycles. The molecule has 3 aromatic carbocycles. The second kappa shape index (κ2) is 6.17. The zero-order chi connectivity index (χ0) is 16.2. The number of benzene rings is 3. The Kier molecular flexibility index (Phi) is 3.72. The summed E-state index contributed by atoms with van der Waals surface area (Å²) in [5.74, 6) is 0.867. The van der Waals surface area contributed by atoms with Gasteiger partial charge < -0.3 is 4.98 Å². The van der Waals surface area contributed by atoms with Crippen LogP contribution < -0.4 is 0 Å². The zero-order valence-corrected chi connectivity index (χ0v) is 13.2. The van der Waals surface area contributed by atoms with Gasteiger partial charge >= 0.3 is 0 Å². The average molecular weight is 309 g/mol. The second-order valence-corrected chi connectivity index (χ2v) is 5.73. The molecule has 0 amide bonds. The van der Waals surface area contributed by atoms with Gasteiger partial charge in [0, 0.05) is 6.20 Å². The number of nitrogens with zero attached hydrogens (tertiary/aromatic N) is 1. The summed E-state index contributed by atoms with van der Waals surface area (Å²) in [6, 6.07) is 31.5. The summed E-state index contributed by atoms with van der Waals surface area (Å²) < 4.78 is 0. The molecule has 2 heteroatoms. The molecule has 0 fully saturated rings. The van der Waals surface area contributed by atoms with Crippen LogP contribution in [-0.2, 0) is 5.41 Å². The van der Waals surface area contributed by atoms with E-state index in [1.54, 1.807) is 6.20 Å². The fourth-order valence-electron chi connectivity index (χ4n) is 3.40. The van der Waals surface area contributed by atoms with Crippen LogP contribution in [0.5, 0.6) is 0 Å². The smallest absolute Gasteiger partial charge is 0.126 e. The molecule has 1 heterocycles. The highest BCUT2D eigenvalue weighted by Gasteiger charge is 2.40. The molecule has 0 unspecified atom stereocenters. The number of imidazole rings is 1. The summed E-state index contributed by atoms with van der Waals surface area (Å²) in [5, 5.41) is 0. The lowest BCUT2D eigenvalue weighted by atomic mass is 9.69. The van der Waals surface area contributed by atoms with Crippen molar-refractivity contribution in [1.82, 2.24) is 9.97 Å². The van der Waals surface area contributed by atoms with Gasteiger partial charge in [-0.3, -0.25) is 0 Å². The van der Waals surface area contributed by atoms with Gasteiger partial charge in [0.1, 0.15) is 17.4 Å². The third-order valence-corrected chi connectivity index (χ3v) is 4.43. The minimum Gasteiger partial charge on any atom is -0.347 e. The lowest BCUT2D eigenvalue weighted by molar-refractivity contribution is 0.692. The van der Waals surface area contributed by atoms with E-state index in [1.165, 1.54) is 16.7 Å². The van der Waals surface area contributed by atoms with Gasteiger partial charge in [0.05, 0.1) is 0 Å². The topological polar surface area (TPSA) is 28.7 Å². The lowest BCUT2D eigenvalue weighted by Gasteiger charge is -2.34. The van der Waals surface area contributed by atoms with Crippen molar-refractivity contribution < 1.29 is 0 Å². The van der Waals surface area contributed by atoms with E-state index in [-0.39, 0.29) is 0 Å². The first-order valence-electron chi connectivity index (χ1n) is 8.01. The lowest BCUT2D eigenvalue weighted by Crippen LogP contribution is -2.32. The fraction of sp³-hybridized carbons (Fsp3) is 0.0455. The molecular formula is C22H17N2. The van der Waals surface area contributed by atoms with Crippen molar-refractivity contribution in [1.29, 1.82) is 0 Å². The summed E-state index contributed by atoms with van der Waals surface area (Å²) in [6.45, 7) is 0. The Labute approximate surface area is 141 Å². The molecule has 0 saturated carbocycles. The highest BCUT2D eigenvalue weighted by atomic mass is 14.9. The van der Waals surface area contributed by atoms with Crippen LogP contribution in [0.1, 0.15) is 22.5 Å². The van der Waals surface area contributed by atoms with Crippen molar-refractivity contribution in [2.24, 2.45) is 0 Å².